The van der Waals surface area contributed by atoms with Gasteiger partial charge in [0.15, 0.2) is 5.37 Å². The van der Waals surface area contributed by atoms with Crippen molar-refractivity contribution in [1.29, 1.82) is 0 Å². The Morgan fingerprint density at radius 3 is 2.64 bits per heavy atom. The van der Waals surface area contributed by atoms with Gasteiger partial charge in [0.1, 0.15) is 6.04 Å². The second-order valence-electron chi connectivity index (χ2n) is 4.93. The van der Waals surface area contributed by atoms with Gasteiger partial charge in [-0.3, -0.25) is 4.79 Å². The Morgan fingerprint density at radius 2 is 2.09 bits per heavy atom. The van der Waals surface area contributed by atoms with Gasteiger partial charge >= 0.3 is 11.9 Å². The lowest BCUT2D eigenvalue weighted by Gasteiger charge is -2.28. The molecule has 5 N–H and O–H groups in total. The lowest BCUT2D eigenvalue weighted by Crippen LogP contribution is -2.54. The minimum Gasteiger partial charge on any atom is -0.479 e. The normalized spacial score (nSPS) is 22.4. The Bertz CT molecular complexity index is 420. The van der Waals surface area contributed by atoms with Gasteiger partial charge in [0.2, 0.25) is 5.91 Å². The molecule has 0 radical (unpaired) electrons. The van der Waals surface area contributed by atoms with E-state index in [1.54, 1.807) is 6.92 Å². The molecule has 8 nitrogen and oxygen atoms in total. The number of esters is 1. The minimum absolute atomic E-state index is 0.169. The molecule has 1 amide bonds. The van der Waals surface area contributed by atoms with E-state index in [1.807, 2.05) is 0 Å². The number of amides is 1. The van der Waals surface area contributed by atoms with Crippen molar-refractivity contribution < 1.29 is 24.2 Å². The van der Waals surface area contributed by atoms with Gasteiger partial charge in [-0.15, -0.1) is 11.8 Å². The topological polar surface area (TPSA) is 136 Å². The van der Waals surface area contributed by atoms with Gasteiger partial charge < -0.3 is 26.2 Å². The summed E-state index contributed by atoms with van der Waals surface area (Å²) in [4.78, 5) is 36.7. The number of nitrogens with zero attached hydrogens (tertiary/aromatic N) is 1. The monoisotopic (exact) mass is 333 g/mol. The first-order valence-corrected chi connectivity index (χ1v) is 8.27. The van der Waals surface area contributed by atoms with Gasteiger partial charge in [0.25, 0.3) is 0 Å². The molecule has 1 aliphatic heterocycles. The van der Waals surface area contributed by atoms with Crippen molar-refractivity contribution in [2.24, 2.45) is 11.5 Å². The molecule has 1 rings (SSSR count). The molecule has 0 aromatic carbocycles. The van der Waals surface area contributed by atoms with Crippen LogP contribution in [0.3, 0.4) is 0 Å². The summed E-state index contributed by atoms with van der Waals surface area (Å²) in [5.41, 5.74) is 11.2. The minimum atomic E-state index is -1.17. The average molecular weight is 333 g/mol. The van der Waals surface area contributed by atoms with Crippen molar-refractivity contribution in [1.82, 2.24) is 4.90 Å². The summed E-state index contributed by atoms with van der Waals surface area (Å²) >= 11 is 1.02. The summed E-state index contributed by atoms with van der Waals surface area (Å²) in [6, 6.07) is -1.75. The number of rotatable bonds is 8. The highest BCUT2D eigenvalue weighted by atomic mass is 32.2. The Balaban J connectivity index is 2.83. The summed E-state index contributed by atoms with van der Waals surface area (Å²) in [5, 5.41) is 8.12. The fourth-order valence-corrected chi connectivity index (χ4v) is 3.42. The van der Waals surface area contributed by atoms with Crippen molar-refractivity contribution in [2.75, 3.05) is 18.9 Å². The van der Waals surface area contributed by atoms with Gasteiger partial charge in [-0.05, 0) is 26.3 Å². The molecule has 0 spiro atoms. The predicted molar refractivity (Wildman–Crippen MR) is 82.0 cm³/mol. The number of hydrogen-bond donors (Lipinski definition) is 3. The highest BCUT2D eigenvalue weighted by Gasteiger charge is 2.46. The molecule has 9 heteroatoms. The number of ether oxygens (including phenoxy) is 1. The standard InChI is InChI=1S/C13H23N3O5S/c1-2-21-13(20)9-7-22-11(12(18)19)16(9)10(17)8(15)5-3-4-6-14/h8-9,11H,2-7,14-15H2,1H3,(H,18,19)/t8-,9?,11?/m0/s1. The van der Waals surface area contributed by atoms with Crippen LogP contribution in [0.1, 0.15) is 26.2 Å². The van der Waals surface area contributed by atoms with Crippen LogP contribution in [0, 0.1) is 0 Å². The highest BCUT2D eigenvalue weighted by Crippen LogP contribution is 2.31. The molecule has 1 saturated heterocycles. The Hall–Kier alpha value is -1.32. The molecule has 0 saturated carbocycles. The zero-order valence-corrected chi connectivity index (χ0v) is 13.4. The molecule has 0 aromatic heterocycles. The third-order valence-corrected chi connectivity index (χ3v) is 4.56. The van der Waals surface area contributed by atoms with Crippen LogP contribution in [0.5, 0.6) is 0 Å². The molecule has 1 fully saturated rings. The van der Waals surface area contributed by atoms with Crippen LogP contribution in [-0.2, 0) is 19.1 Å². The molecular formula is C13H23N3O5S. The first-order valence-electron chi connectivity index (χ1n) is 7.22. The zero-order valence-electron chi connectivity index (χ0n) is 12.6. The molecule has 3 atom stereocenters. The lowest BCUT2D eigenvalue weighted by atomic mass is 10.1. The third-order valence-electron chi connectivity index (χ3n) is 3.31. The van der Waals surface area contributed by atoms with Crippen LogP contribution < -0.4 is 11.5 Å². The Morgan fingerprint density at radius 1 is 1.41 bits per heavy atom. The number of thioether (sulfide) groups is 1. The van der Waals surface area contributed by atoms with E-state index in [1.165, 1.54) is 0 Å². The molecular weight excluding hydrogens is 310 g/mol. The summed E-state index contributed by atoms with van der Waals surface area (Å²) in [5.74, 6) is -2.11. The number of nitrogens with two attached hydrogens (primary N) is 2. The maximum absolute atomic E-state index is 12.5. The molecule has 22 heavy (non-hydrogen) atoms. The van der Waals surface area contributed by atoms with Crippen LogP contribution in [-0.4, -0.2) is 64.2 Å². The number of carbonyl (C=O) groups excluding carboxylic acids is 2. The number of aliphatic carboxylic acids is 1. The first kappa shape index (κ1) is 18.7. The summed E-state index contributed by atoms with van der Waals surface area (Å²) < 4.78 is 4.92. The van der Waals surface area contributed by atoms with E-state index < -0.39 is 35.3 Å². The van der Waals surface area contributed by atoms with E-state index in [9.17, 15) is 19.5 Å². The smallest absolute Gasteiger partial charge is 0.337 e. The van der Waals surface area contributed by atoms with Gasteiger partial charge in [0.05, 0.1) is 12.6 Å². The van der Waals surface area contributed by atoms with E-state index >= 15 is 0 Å². The second-order valence-corrected chi connectivity index (χ2v) is 6.04. The Labute approximate surface area is 133 Å². The third kappa shape index (κ3) is 4.59. The maximum Gasteiger partial charge on any atom is 0.337 e. The first-order chi connectivity index (χ1) is 10.4. The quantitative estimate of drug-likeness (QED) is 0.394. The van der Waals surface area contributed by atoms with E-state index in [0.29, 0.717) is 19.4 Å². The van der Waals surface area contributed by atoms with Crippen LogP contribution in [0.2, 0.25) is 0 Å². The van der Waals surface area contributed by atoms with Gasteiger partial charge in [-0.25, -0.2) is 9.59 Å². The maximum atomic E-state index is 12.5. The molecule has 0 aromatic rings. The number of carboxylic acid groups (broad SMARTS) is 1. The fraction of sp³-hybridized carbons (Fsp3) is 0.769. The van der Waals surface area contributed by atoms with Gasteiger partial charge in [-0.2, -0.15) is 0 Å². The number of carboxylic acids is 1. The molecule has 1 aliphatic rings. The van der Waals surface area contributed by atoms with E-state index in [0.717, 1.165) is 23.1 Å². The summed E-state index contributed by atoms with van der Waals surface area (Å²) in [6.07, 6.45) is 1.81. The van der Waals surface area contributed by atoms with Crippen molar-refractivity contribution >= 4 is 29.6 Å². The average Bonchev–Trinajstić information content (AvgIpc) is 2.91. The molecule has 2 unspecified atom stereocenters. The van der Waals surface area contributed by atoms with E-state index in [-0.39, 0.29) is 12.4 Å². The van der Waals surface area contributed by atoms with Crippen molar-refractivity contribution in [3.05, 3.63) is 0 Å². The van der Waals surface area contributed by atoms with E-state index in [2.05, 4.69) is 0 Å². The molecule has 0 bridgehead atoms. The number of hydrogen-bond acceptors (Lipinski definition) is 7. The fourth-order valence-electron chi connectivity index (χ4n) is 2.21. The van der Waals surface area contributed by atoms with Crippen molar-refractivity contribution in [3.8, 4) is 0 Å². The number of unbranched alkanes of at least 4 members (excludes halogenated alkanes) is 1. The SMILES string of the molecule is CCOC(=O)C1CSC(C(=O)O)N1C(=O)[C@@H](N)CCCCN. The van der Waals surface area contributed by atoms with Crippen molar-refractivity contribution in [2.45, 2.75) is 43.6 Å². The van der Waals surface area contributed by atoms with Crippen molar-refractivity contribution in [3.63, 3.8) is 0 Å². The largest absolute Gasteiger partial charge is 0.479 e. The lowest BCUT2D eigenvalue weighted by molar-refractivity contribution is -0.157. The van der Waals surface area contributed by atoms with Gasteiger partial charge in [-0.1, -0.05) is 6.42 Å². The zero-order chi connectivity index (χ0) is 16.7. The second kappa shape index (κ2) is 8.96. The molecule has 126 valence electrons. The van der Waals surface area contributed by atoms with Crippen LogP contribution >= 0.6 is 11.8 Å². The Kier molecular flexibility index (Phi) is 7.63. The summed E-state index contributed by atoms with van der Waals surface area (Å²) in [7, 11) is 0. The predicted octanol–water partition coefficient (Wildman–Crippen LogP) is -0.639. The molecule has 0 aliphatic carbocycles. The van der Waals surface area contributed by atoms with Gasteiger partial charge in [0, 0.05) is 5.75 Å². The van der Waals surface area contributed by atoms with E-state index in [4.69, 9.17) is 16.2 Å². The molecule has 1 heterocycles. The number of carbonyl (C=O) groups is 3. The summed E-state index contributed by atoms with van der Waals surface area (Å²) in [6.45, 7) is 2.32. The van der Waals surface area contributed by atoms with Crippen LogP contribution in [0.15, 0.2) is 0 Å². The highest BCUT2D eigenvalue weighted by molar-refractivity contribution is 8.00. The van der Waals surface area contributed by atoms with Crippen LogP contribution in [0.25, 0.3) is 0 Å². The van der Waals surface area contributed by atoms with Crippen LogP contribution in [0.4, 0.5) is 0 Å².